The van der Waals surface area contributed by atoms with Gasteiger partial charge in [0, 0.05) is 13.2 Å². The Kier molecular flexibility index (Phi) is 2.84. The van der Waals surface area contributed by atoms with E-state index in [1.807, 2.05) is 0 Å². The number of hydrogen-bond acceptors (Lipinski definition) is 4. The number of hydrogen-bond donors (Lipinski definition) is 1. The lowest BCUT2D eigenvalue weighted by Crippen LogP contribution is -2.62. The van der Waals surface area contributed by atoms with Gasteiger partial charge in [-0.1, -0.05) is 12.8 Å². The molecule has 1 aromatic rings. The Morgan fingerprint density at radius 3 is 2.60 bits per heavy atom. The zero-order valence-electron chi connectivity index (χ0n) is 11.3. The normalized spacial score (nSPS) is 21.6. The second-order valence-electron chi connectivity index (χ2n) is 5.42. The number of rotatable bonds is 2. The maximum absolute atomic E-state index is 12.6. The monoisotopic (exact) mass is 276 g/mol. The topological polar surface area (TPSA) is 84.3 Å². The van der Waals surface area contributed by atoms with E-state index in [9.17, 15) is 14.4 Å². The number of urea groups is 1. The van der Waals surface area contributed by atoms with Gasteiger partial charge < -0.3 is 0 Å². The number of carbonyl (C=O) groups excluding carboxylic acids is 3. The van der Waals surface area contributed by atoms with Crippen LogP contribution in [-0.2, 0) is 23.2 Å². The lowest BCUT2D eigenvalue weighted by atomic mass is 9.82. The largest absolute Gasteiger partial charge is 0.331 e. The van der Waals surface area contributed by atoms with Crippen molar-refractivity contribution in [2.24, 2.45) is 12.5 Å². The molecule has 20 heavy (non-hydrogen) atoms. The van der Waals surface area contributed by atoms with Gasteiger partial charge in [-0.25, -0.2) is 4.79 Å². The Labute approximate surface area is 115 Å². The van der Waals surface area contributed by atoms with E-state index in [1.165, 1.54) is 0 Å². The average molecular weight is 276 g/mol. The van der Waals surface area contributed by atoms with Crippen molar-refractivity contribution in [3.63, 3.8) is 0 Å². The highest BCUT2D eigenvalue weighted by Crippen LogP contribution is 2.41. The number of imide groups is 2. The molecule has 2 aliphatic rings. The minimum Gasteiger partial charge on any atom is -0.277 e. The van der Waals surface area contributed by atoms with Crippen LogP contribution in [0.15, 0.2) is 12.3 Å². The Bertz CT molecular complexity index is 586. The Hall–Kier alpha value is -2.18. The predicted octanol–water partition coefficient (Wildman–Crippen LogP) is 0.559. The molecule has 2 heterocycles. The summed E-state index contributed by atoms with van der Waals surface area (Å²) in [6.45, 7) is 0.0978. The lowest BCUT2D eigenvalue weighted by molar-refractivity contribution is -0.151. The molecule has 0 bridgehead atoms. The van der Waals surface area contributed by atoms with Crippen LogP contribution in [0.1, 0.15) is 31.4 Å². The quantitative estimate of drug-likeness (QED) is 0.800. The van der Waals surface area contributed by atoms with Gasteiger partial charge in [0.05, 0.1) is 12.2 Å². The molecule has 1 saturated heterocycles. The first-order valence-electron chi connectivity index (χ1n) is 6.69. The Morgan fingerprint density at radius 1 is 1.30 bits per heavy atom. The van der Waals surface area contributed by atoms with Gasteiger partial charge >= 0.3 is 6.03 Å². The van der Waals surface area contributed by atoms with Crippen LogP contribution >= 0.6 is 0 Å². The van der Waals surface area contributed by atoms with Gasteiger partial charge in [0.15, 0.2) is 0 Å². The molecule has 3 rings (SSSR count). The fourth-order valence-corrected chi connectivity index (χ4v) is 3.00. The van der Waals surface area contributed by atoms with Crippen LogP contribution in [0.25, 0.3) is 0 Å². The molecule has 2 fully saturated rings. The molecule has 1 aliphatic carbocycles. The van der Waals surface area contributed by atoms with Gasteiger partial charge in [0.2, 0.25) is 11.8 Å². The van der Waals surface area contributed by atoms with E-state index in [0.717, 1.165) is 17.7 Å². The zero-order chi connectivity index (χ0) is 14.3. The highest BCUT2D eigenvalue weighted by molar-refractivity contribution is 6.19. The Balaban J connectivity index is 1.88. The van der Waals surface area contributed by atoms with Gasteiger partial charge in [-0.15, -0.1) is 0 Å². The summed E-state index contributed by atoms with van der Waals surface area (Å²) in [5.41, 5.74) is -0.415. The molecule has 1 aromatic heterocycles. The summed E-state index contributed by atoms with van der Waals surface area (Å²) < 4.78 is 1.61. The van der Waals surface area contributed by atoms with Crippen molar-refractivity contribution in [2.75, 3.05) is 0 Å². The van der Waals surface area contributed by atoms with E-state index in [4.69, 9.17) is 0 Å². The number of aryl methyl sites for hydroxylation is 1. The minimum atomic E-state index is -1.04. The number of carbonyl (C=O) groups is 3. The molecule has 0 radical (unpaired) electrons. The van der Waals surface area contributed by atoms with Gasteiger partial charge in [-0.05, 0) is 18.9 Å². The summed E-state index contributed by atoms with van der Waals surface area (Å²) in [6, 6.07) is 1.10. The molecule has 1 spiro atoms. The maximum atomic E-state index is 12.6. The fourth-order valence-electron chi connectivity index (χ4n) is 3.00. The van der Waals surface area contributed by atoms with Crippen molar-refractivity contribution in [2.45, 2.75) is 32.2 Å². The SMILES string of the molecule is Cn1ccc(CN2C(=O)NC(=O)C3(CCCC3)C2=O)n1. The lowest BCUT2D eigenvalue weighted by Gasteiger charge is -2.36. The van der Waals surface area contributed by atoms with Crippen molar-refractivity contribution >= 4 is 17.8 Å². The third-order valence-electron chi connectivity index (χ3n) is 4.10. The third kappa shape index (κ3) is 1.81. The van der Waals surface area contributed by atoms with Gasteiger partial charge in [0.1, 0.15) is 5.41 Å². The summed E-state index contributed by atoms with van der Waals surface area (Å²) in [5.74, 6) is -0.823. The molecular formula is C13H16N4O3. The van der Waals surface area contributed by atoms with Crippen molar-refractivity contribution < 1.29 is 14.4 Å². The van der Waals surface area contributed by atoms with Crippen molar-refractivity contribution in [3.8, 4) is 0 Å². The second kappa shape index (κ2) is 4.43. The van der Waals surface area contributed by atoms with Crippen LogP contribution in [0.4, 0.5) is 4.79 Å². The van der Waals surface area contributed by atoms with E-state index in [0.29, 0.717) is 18.5 Å². The minimum absolute atomic E-state index is 0.0978. The number of aromatic nitrogens is 2. The number of nitrogens with zero attached hydrogens (tertiary/aromatic N) is 3. The van der Waals surface area contributed by atoms with Gasteiger partial charge in [-0.2, -0.15) is 5.10 Å². The van der Waals surface area contributed by atoms with Crippen LogP contribution in [-0.4, -0.2) is 32.5 Å². The molecule has 4 amide bonds. The van der Waals surface area contributed by atoms with E-state index >= 15 is 0 Å². The number of barbiturate groups is 1. The zero-order valence-corrected chi connectivity index (χ0v) is 11.3. The molecule has 0 atom stereocenters. The van der Waals surface area contributed by atoms with Gasteiger partial charge in [-0.3, -0.25) is 24.5 Å². The molecule has 106 valence electrons. The molecule has 1 N–H and O–H groups in total. The van der Waals surface area contributed by atoms with Crippen LogP contribution in [0.5, 0.6) is 0 Å². The van der Waals surface area contributed by atoms with Gasteiger partial charge in [0.25, 0.3) is 0 Å². The first kappa shape index (κ1) is 12.8. The predicted molar refractivity (Wildman–Crippen MR) is 68.2 cm³/mol. The van der Waals surface area contributed by atoms with E-state index in [-0.39, 0.29) is 12.5 Å². The summed E-state index contributed by atoms with van der Waals surface area (Å²) >= 11 is 0. The first-order chi connectivity index (χ1) is 9.53. The average Bonchev–Trinajstić information content (AvgIpc) is 3.03. The van der Waals surface area contributed by atoms with Crippen molar-refractivity contribution in [3.05, 3.63) is 18.0 Å². The summed E-state index contributed by atoms with van der Waals surface area (Å²) in [5, 5.41) is 6.48. The molecule has 1 aliphatic heterocycles. The van der Waals surface area contributed by atoms with Crippen LogP contribution in [0, 0.1) is 5.41 Å². The molecule has 7 heteroatoms. The molecule has 7 nitrogen and oxygen atoms in total. The van der Waals surface area contributed by atoms with Crippen molar-refractivity contribution in [1.82, 2.24) is 20.0 Å². The smallest absolute Gasteiger partial charge is 0.277 e. The van der Waals surface area contributed by atoms with Crippen LogP contribution in [0.3, 0.4) is 0 Å². The highest BCUT2D eigenvalue weighted by Gasteiger charge is 2.54. The van der Waals surface area contributed by atoms with E-state index < -0.39 is 17.4 Å². The highest BCUT2D eigenvalue weighted by atomic mass is 16.2. The van der Waals surface area contributed by atoms with E-state index in [1.54, 1.807) is 24.0 Å². The molecule has 0 aromatic carbocycles. The molecule has 1 saturated carbocycles. The number of amides is 4. The maximum Gasteiger partial charge on any atom is 0.331 e. The van der Waals surface area contributed by atoms with Crippen LogP contribution < -0.4 is 5.32 Å². The summed E-state index contributed by atoms with van der Waals surface area (Å²) in [4.78, 5) is 37.6. The Morgan fingerprint density at radius 2 is 2.00 bits per heavy atom. The molecule has 0 unspecified atom stereocenters. The molecular weight excluding hydrogens is 260 g/mol. The first-order valence-corrected chi connectivity index (χ1v) is 6.69. The van der Waals surface area contributed by atoms with E-state index in [2.05, 4.69) is 10.4 Å². The third-order valence-corrected chi connectivity index (χ3v) is 4.10. The number of nitrogens with one attached hydrogen (secondary N) is 1. The summed E-state index contributed by atoms with van der Waals surface area (Å²) in [6.07, 6.45) is 4.46. The fraction of sp³-hybridized carbons (Fsp3) is 0.538. The standard InChI is InChI=1S/C13H16N4O3/c1-16-7-4-9(15-16)8-17-11(19)13(5-2-3-6-13)10(18)14-12(17)20/h4,7H,2-3,5-6,8H2,1H3,(H,14,18,20). The van der Waals surface area contributed by atoms with Crippen LogP contribution in [0.2, 0.25) is 0 Å². The van der Waals surface area contributed by atoms with Crippen molar-refractivity contribution in [1.29, 1.82) is 0 Å². The second-order valence-corrected chi connectivity index (χ2v) is 5.42. The summed E-state index contributed by atoms with van der Waals surface area (Å²) in [7, 11) is 1.77.